The van der Waals surface area contributed by atoms with E-state index in [0.717, 1.165) is 18.7 Å². The van der Waals surface area contributed by atoms with Crippen LogP contribution < -0.4 is 11.1 Å². The Kier molecular flexibility index (Phi) is 3.01. The van der Waals surface area contributed by atoms with Crippen LogP contribution in [0.2, 0.25) is 0 Å². The second kappa shape index (κ2) is 4.44. The predicted molar refractivity (Wildman–Crippen MR) is 55.9 cm³/mol. The average molecular weight is 208 g/mol. The smallest absolute Gasteiger partial charge is 0.222 e. The van der Waals surface area contributed by atoms with Gasteiger partial charge in [-0.2, -0.15) is 0 Å². The summed E-state index contributed by atoms with van der Waals surface area (Å²) in [4.78, 5) is 15.5. The maximum atomic E-state index is 11.4. The minimum Gasteiger partial charge on any atom is -0.353 e. The van der Waals surface area contributed by atoms with Gasteiger partial charge in [0.1, 0.15) is 5.82 Å². The van der Waals surface area contributed by atoms with Gasteiger partial charge in [0.2, 0.25) is 5.91 Å². The maximum Gasteiger partial charge on any atom is 0.222 e. The number of aromatic nitrogens is 2. The van der Waals surface area contributed by atoms with Gasteiger partial charge in [-0.1, -0.05) is 0 Å². The van der Waals surface area contributed by atoms with Gasteiger partial charge in [0.05, 0.1) is 6.54 Å². The zero-order chi connectivity index (χ0) is 10.7. The number of aryl methyl sites for hydroxylation is 1. The normalized spacial score (nSPS) is 15.3. The monoisotopic (exact) mass is 208 g/mol. The molecule has 0 spiro atoms. The van der Waals surface area contributed by atoms with Crippen LogP contribution in [0, 0.1) is 0 Å². The van der Waals surface area contributed by atoms with Crippen molar-refractivity contribution >= 4 is 5.91 Å². The number of nitrogens with two attached hydrogens (primary N) is 1. The molecule has 1 aliphatic carbocycles. The summed E-state index contributed by atoms with van der Waals surface area (Å²) in [6, 6.07) is 0.439. The first-order chi connectivity index (χ1) is 7.29. The lowest BCUT2D eigenvalue weighted by molar-refractivity contribution is -0.121. The van der Waals surface area contributed by atoms with E-state index in [9.17, 15) is 4.79 Å². The number of nitrogens with zero attached hydrogens (tertiary/aromatic N) is 2. The summed E-state index contributed by atoms with van der Waals surface area (Å²) in [5, 5.41) is 2.95. The van der Waals surface area contributed by atoms with Gasteiger partial charge in [0.15, 0.2) is 0 Å². The lowest BCUT2D eigenvalue weighted by Crippen LogP contribution is -2.26. The number of imidazole rings is 1. The summed E-state index contributed by atoms with van der Waals surface area (Å²) >= 11 is 0. The molecule has 1 fully saturated rings. The second-order valence-corrected chi connectivity index (χ2v) is 3.83. The molecule has 0 atom stereocenters. The van der Waals surface area contributed by atoms with Crippen molar-refractivity contribution in [1.29, 1.82) is 0 Å². The lowest BCUT2D eigenvalue weighted by Gasteiger charge is -2.06. The number of carbonyl (C=O) groups is 1. The van der Waals surface area contributed by atoms with E-state index >= 15 is 0 Å². The Balaban J connectivity index is 1.78. The van der Waals surface area contributed by atoms with Crippen LogP contribution in [0.15, 0.2) is 12.4 Å². The molecular weight excluding hydrogens is 192 g/mol. The van der Waals surface area contributed by atoms with Crippen molar-refractivity contribution in [3.8, 4) is 0 Å². The van der Waals surface area contributed by atoms with E-state index in [2.05, 4.69) is 10.3 Å². The molecule has 1 aliphatic rings. The maximum absolute atomic E-state index is 11.4. The van der Waals surface area contributed by atoms with Crippen LogP contribution in [0.1, 0.15) is 25.1 Å². The molecule has 0 aliphatic heterocycles. The van der Waals surface area contributed by atoms with Gasteiger partial charge in [0, 0.05) is 31.4 Å². The van der Waals surface area contributed by atoms with E-state index in [1.165, 1.54) is 0 Å². The highest BCUT2D eigenvalue weighted by atomic mass is 16.1. The Morgan fingerprint density at radius 2 is 2.47 bits per heavy atom. The molecule has 3 N–H and O–H groups in total. The Labute approximate surface area is 88.7 Å². The third-order valence-corrected chi connectivity index (χ3v) is 2.51. The molecule has 1 aromatic rings. The van der Waals surface area contributed by atoms with Crippen molar-refractivity contribution < 1.29 is 4.79 Å². The van der Waals surface area contributed by atoms with Crippen molar-refractivity contribution in [2.45, 2.75) is 38.4 Å². The zero-order valence-corrected chi connectivity index (χ0v) is 8.65. The molecule has 0 saturated heterocycles. The van der Waals surface area contributed by atoms with Gasteiger partial charge in [-0.05, 0) is 12.8 Å². The van der Waals surface area contributed by atoms with Crippen LogP contribution in [0.25, 0.3) is 0 Å². The molecule has 1 heterocycles. The number of carbonyl (C=O) groups excluding carboxylic acids is 1. The average Bonchev–Trinajstić information content (AvgIpc) is 2.92. The molecule has 0 aromatic carbocycles. The van der Waals surface area contributed by atoms with E-state index in [0.29, 0.717) is 25.6 Å². The predicted octanol–water partition coefficient (Wildman–Crippen LogP) is 0.0105. The highest BCUT2D eigenvalue weighted by Crippen LogP contribution is 2.18. The van der Waals surface area contributed by atoms with Crippen LogP contribution in [0.3, 0.4) is 0 Å². The van der Waals surface area contributed by atoms with E-state index < -0.39 is 0 Å². The van der Waals surface area contributed by atoms with Crippen molar-refractivity contribution in [2.75, 3.05) is 0 Å². The fourth-order valence-corrected chi connectivity index (χ4v) is 1.48. The minimum absolute atomic E-state index is 0.120. The van der Waals surface area contributed by atoms with Crippen LogP contribution in [0.4, 0.5) is 0 Å². The molecule has 1 aromatic heterocycles. The van der Waals surface area contributed by atoms with Gasteiger partial charge in [-0.15, -0.1) is 0 Å². The Hall–Kier alpha value is -1.36. The summed E-state index contributed by atoms with van der Waals surface area (Å²) < 4.78 is 1.92. The van der Waals surface area contributed by atoms with Crippen LogP contribution in [0.5, 0.6) is 0 Å². The van der Waals surface area contributed by atoms with Gasteiger partial charge in [-0.25, -0.2) is 4.98 Å². The van der Waals surface area contributed by atoms with E-state index in [-0.39, 0.29) is 5.91 Å². The lowest BCUT2D eigenvalue weighted by atomic mass is 10.4. The number of nitrogens with one attached hydrogen (secondary N) is 1. The molecule has 0 bridgehead atoms. The molecule has 0 radical (unpaired) electrons. The molecule has 82 valence electrons. The minimum atomic E-state index is 0.120. The largest absolute Gasteiger partial charge is 0.353 e. The topological polar surface area (TPSA) is 72.9 Å². The number of rotatable bonds is 5. The highest BCUT2D eigenvalue weighted by Gasteiger charge is 2.22. The summed E-state index contributed by atoms with van der Waals surface area (Å²) in [7, 11) is 0. The van der Waals surface area contributed by atoms with Crippen LogP contribution in [-0.2, 0) is 17.9 Å². The molecule has 0 unspecified atom stereocenters. The van der Waals surface area contributed by atoms with Crippen molar-refractivity contribution in [3.05, 3.63) is 18.2 Å². The van der Waals surface area contributed by atoms with Crippen molar-refractivity contribution in [3.63, 3.8) is 0 Å². The standard InChI is InChI=1S/C10H16N4O/c11-7-9-12-4-6-14(9)5-3-10(15)13-8-1-2-8/h4,6,8H,1-3,5,7,11H2,(H,13,15). The summed E-state index contributed by atoms with van der Waals surface area (Å²) in [6.45, 7) is 1.07. The Morgan fingerprint density at radius 3 is 3.13 bits per heavy atom. The molecule has 1 amide bonds. The first-order valence-electron chi connectivity index (χ1n) is 5.29. The zero-order valence-electron chi connectivity index (χ0n) is 8.65. The van der Waals surface area contributed by atoms with E-state index in [1.807, 2.05) is 10.8 Å². The molecule has 2 rings (SSSR count). The van der Waals surface area contributed by atoms with Crippen LogP contribution in [-0.4, -0.2) is 21.5 Å². The summed E-state index contributed by atoms with van der Waals surface area (Å²) in [5.41, 5.74) is 5.51. The highest BCUT2D eigenvalue weighted by molar-refractivity contribution is 5.76. The molecule has 15 heavy (non-hydrogen) atoms. The third kappa shape index (κ3) is 2.79. The Bertz CT molecular complexity index is 343. The number of amides is 1. The fraction of sp³-hybridized carbons (Fsp3) is 0.600. The second-order valence-electron chi connectivity index (χ2n) is 3.83. The van der Waals surface area contributed by atoms with Crippen molar-refractivity contribution in [1.82, 2.24) is 14.9 Å². The first-order valence-corrected chi connectivity index (χ1v) is 5.29. The number of hydrogen-bond donors (Lipinski definition) is 2. The molecule has 5 nitrogen and oxygen atoms in total. The van der Waals surface area contributed by atoms with E-state index in [4.69, 9.17) is 5.73 Å². The summed E-state index contributed by atoms with van der Waals surface area (Å²) in [6.07, 6.45) is 6.32. The SMILES string of the molecule is NCc1nccn1CCC(=O)NC1CC1. The molecular formula is C10H16N4O. The van der Waals surface area contributed by atoms with Gasteiger partial charge in [-0.3, -0.25) is 4.79 Å². The molecule has 1 saturated carbocycles. The van der Waals surface area contributed by atoms with Gasteiger partial charge < -0.3 is 15.6 Å². The van der Waals surface area contributed by atoms with E-state index in [1.54, 1.807) is 6.20 Å². The fourth-order valence-electron chi connectivity index (χ4n) is 1.48. The Morgan fingerprint density at radius 1 is 1.67 bits per heavy atom. The third-order valence-electron chi connectivity index (χ3n) is 2.51. The first kappa shape index (κ1) is 10.2. The number of hydrogen-bond acceptors (Lipinski definition) is 3. The molecule has 5 heteroatoms. The van der Waals surface area contributed by atoms with Gasteiger partial charge in [0.25, 0.3) is 0 Å². The van der Waals surface area contributed by atoms with Crippen LogP contribution >= 0.6 is 0 Å². The quantitative estimate of drug-likeness (QED) is 0.716. The van der Waals surface area contributed by atoms with Crippen molar-refractivity contribution in [2.24, 2.45) is 5.73 Å². The van der Waals surface area contributed by atoms with Gasteiger partial charge >= 0.3 is 0 Å². The summed E-state index contributed by atoms with van der Waals surface area (Å²) in [5.74, 6) is 0.948.